The van der Waals surface area contributed by atoms with Crippen LogP contribution in [-0.2, 0) is 0 Å². The zero-order chi connectivity index (χ0) is 20.4. The van der Waals surface area contributed by atoms with E-state index in [2.05, 4.69) is 24.8 Å². The van der Waals surface area contributed by atoms with Crippen LogP contribution in [0.2, 0.25) is 5.15 Å². The molecule has 3 aromatic rings. The van der Waals surface area contributed by atoms with E-state index in [1.165, 1.54) is 6.33 Å². The van der Waals surface area contributed by atoms with E-state index in [0.29, 0.717) is 32.0 Å². The Morgan fingerprint density at radius 1 is 1.03 bits per heavy atom. The molecule has 2 aromatic heterocycles. The minimum atomic E-state index is -0.538. The summed E-state index contributed by atoms with van der Waals surface area (Å²) in [6, 6.07) is 11.9. The molecule has 1 aliphatic heterocycles. The molecule has 1 aromatic carbocycles. The van der Waals surface area contributed by atoms with Crippen molar-refractivity contribution in [2.75, 3.05) is 36.0 Å². The van der Waals surface area contributed by atoms with Gasteiger partial charge in [0.2, 0.25) is 11.0 Å². The van der Waals surface area contributed by atoms with Gasteiger partial charge in [-0.25, -0.2) is 19.9 Å². The summed E-state index contributed by atoms with van der Waals surface area (Å²) in [5, 5.41) is 11.2. The molecule has 0 N–H and O–H groups in total. The number of piperazine rings is 1. The number of anilines is 2. The second-order valence-corrected chi connectivity index (χ2v) is 6.95. The molecule has 1 saturated heterocycles. The highest BCUT2D eigenvalue weighted by atomic mass is 35.5. The lowest BCUT2D eigenvalue weighted by atomic mass is 10.1. The number of halogens is 1. The van der Waals surface area contributed by atoms with Crippen molar-refractivity contribution in [2.45, 2.75) is 6.92 Å². The first-order valence-electron chi connectivity index (χ1n) is 9.09. The van der Waals surface area contributed by atoms with E-state index in [1.807, 2.05) is 48.2 Å². The Morgan fingerprint density at radius 3 is 2.41 bits per heavy atom. The smallest absolute Gasteiger partial charge is 0.348 e. The van der Waals surface area contributed by atoms with Crippen LogP contribution in [0.4, 0.5) is 17.3 Å². The molecule has 0 saturated carbocycles. The van der Waals surface area contributed by atoms with Crippen LogP contribution in [0, 0.1) is 17.0 Å². The summed E-state index contributed by atoms with van der Waals surface area (Å²) in [6.07, 6.45) is 1.25. The van der Waals surface area contributed by atoms with Crippen LogP contribution in [0.15, 0.2) is 42.7 Å². The Hall–Kier alpha value is -3.33. The van der Waals surface area contributed by atoms with Crippen molar-refractivity contribution in [3.8, 4) is 11.3 Å². The van der Waals surface area contributed by atoms with Crippen LogP contribution in [0.5, 0.6) is 0 Å². The summed E-state index contributed by atoms with van der Waals surface area (Å²) in [5.74, 6) is 1.78. The number of hydrogen-bond acceptors (Lipinski definition) is 8. The van der Waals surface area contributed by atoms with Crippen molar-refractivity contribution >= 4 is 28.9 Å². The summed E-state index contributed by atoms with van der Waals surface area (Å²) in [6.45, 7) is 4.27. The van der Waals surface area contributed by atoms with Crippen molar-refractivity contribution in [1.82, 2.24) is 19.9 Å². The fourth-order valence-electron chi connectivity index (χ4n) is 3.36. The first-order chi connectivity index (χ1) is 14.0. The molecule has 1 aliphatic rings. The van der Waals surface area contributed by atoms with E-state index in [1.54, 1.807) is 0 Å². The molecule has 4 rings (SSSR count). The predicted molar refractivity (Wildman–Crippen MR) is 110 cm³/mol. The summed E-state index contributed by atoms with van der Waals surface area (Å²) < 4.78 is 0. The Kier molecular flexibility index (Phi) is 5.22. The number of hydrogen-bond donors (Lipinski definition) is 0. The number of aryl methyl sites for hydroxylation is 1. The molecule has 10 heteroatoms. The molecule has 148 valence electrons. The van der Waals surface area contributed by atoms with Gasteiger partial charge in [-0.3, -0.25) is 10.1 Å². The topological polar surface area (TPSA) is 101 Å². The van der Waals surface area contributed by atoms with Crippen LogP contribution in [-0.4, -0.2) is 51.0 Å². The zero-order valence-corrected chi connectivity index (χ0v) is 16.5. The lowest BCUT2D eigenvalue weighted by Crippen LogP contribution is -2.47. The van der Waals surface area contributed by atoms with Crippen LogP contribution in [0.25, 0.3) is 11.3 Å². The van der Waals surface area contributed by atoms with E-state index in [4.69, 9.17) is 11.6 Å². The van der Waals surface area contributed by atoms with Gasteiger partial charge in [0, 0.05) is 37.8 Å². The molecule has 0 aliphatic carbocycles. The predicted octanol–water partition coefficient (Wildman–Crippen LogP) is 3.13. The first-order valence-corrected chi connectivity index (χ1v) is 9.46. The van der Waals surface area contributed by atoms with Crippen LogP contribution < -0.4 is 9.80 Å². The van der Waals surface area contributed by atoms with E-state index in [9.17, 15) is 10.1 Å². The number of nitro groups is 1. The summed E-state index contributed by atoms with van der Waals surface area (Å²) in [4.78, 5) is 31.8. The molecule has 0 atom stereocenters. The van der Waals surface area contributed by atoms with Gasteiger partial charge in [-0.15, -0.1) is 0 Å². The molecule has 3 heterocycles. The molecule has 1 fully saturated rings. The largest absolute Gasteiger partial charge is 0.353 e. The Bertz CT molecular complexity index is 1040. The quantitative estimate of drug-likeness (QED) is 0.366. The molecule has 29 heavy (non-hydrogen) atoms. The van der Waals surface area contributed by atoms with Crippen LogP contribution >= 0.6 is 11.6 Å². The van der Waals surface area contributed by atoms with Gasteiger partial charge in [0.15, 0.2) is 0 Å². The highest BCUT2D eigenvalue weighted by molar-refractivity contribution is 6.31. The highest BCUT2D eigenvalue weighted by Gasteiger charge is 2.29. The molecule has 0 unspecified atom stereocenters. The second-order valence-electron chi connectivity index (χ2n) is 6.59. The SMILES string of the molecule is Cc1nc(-c2ccccc2)cc(N2CCN(c3ncnc(Cl)c3[N+](=O)[O-])CC2)n1. The molecule has 0 amide bonds. The number of rotatable bonds is 4. The third-order valence-corrected chi connectivity index (χ3v) is 5.01. The van der Waals surface area contributed by atoms with Crippen molar-refractivity contribution in [1.29, 1.82) is 0 Å². The first kappa shape index (κ1) is 19.0. The maximum atomic E-state index is 11.4. The van der Waals surface area contributed by atoms with Crippen molar-refractivity contribution < 1.29 is 4.92 Å². The summed E-state index contributed by atoms with van der Waals surface area (Å²) in [7, 11) is 0. The highest BCUT2D eigenvalue weighted by Crippen LogP contribution is 2.32. The van der Waals surface area contributed by atoms with Gasteiger partial charge in [0.1, 0.15) is 18.0 Å². The normalized spacial score (nSPS) is 14.1. The van der Waals surface area contributed by atoms with Crippen molar-refractivity contribution in [2.24, 2.45) is 0 Å². The van der Waals surface area contributed by atoms with Gasteiger partial charge in [0.25, 0.3) is 0 Å². The standard InChI is InChI=1S/C19H18ClN7O2/c1-13-23-15(14-5-3-2-4-6-14)11-16(24-13)25-7-9-26(10-8-25)19-17(27(28)29)18(20)21-12-22-19/h2-6,11-12H,7-10H2,1H3. The van der Waals surface area contributed by atoms with Gasteiger partial charge in [-0.1, -0.05) is 41.9 Å². The Labute approximate surface area is 172 Å². The molecule has 0 radical (unpaired) electrons. The molecular formula is C19H18ClN7O2. The Balaban J connectivity index is 1.55. The fourth-order valence-corrected chi connectivity index (χ4v) is 3.55. The van der Waals surface area contributed by atoms with Gasteiger partial charge < -0.3 is 9.80 Å². The molecule has 0 spiro atoms. The molecule has 9 nitrogen and oxygen atoms in total. The van der Waals surface area contributed by atoms with E-state index >= 15 is 0 Å². The zero-order valence-electron chi connectivity index (χ0n) is 15.7. The second kappa shape index (κ2) is 7.96. The monoisotopic (exact) mass is 411 g/mol. The van der Waals surface area contributed by atoms with Crippen molar-refractivity contribution in [3.63, 3.8) is 0 Å². The van der Waals surface area contributed by atoms with Gasteiger partial charge in [-0.2, -0.15) is 0 Å². The summed E-state index contributed by atoms with van der Waals surface area (Å²) in [5.41, 5.74) is 1.64. The van der Waals surface area contributed by atoms with Gasteiger partial charge in [0.05, 0.1) is 10.6 Å². The molecule has 0 bridgehead atoms. The number of aromatic nitrogens is 4. The average Bonchev–Trinajstić information content (AvgIpc) is 2.73. The maximum Gasteiger partial charge on any atom is 0.348 e. The average molecular weight is 412 g/mol. The minimum absolute atomic E-state index is 0.152. The van der Waals surface area contributed by atoms with E-state index in [-0.39, 0.29) is 16.7 Å². The lowest BCUT2D eigenvalue weighted by Gasteiger charge is -2.35. The molecular weight excluding hydrogens is 394 g/mol. The lowest BCUT2D eigenvalue weighted by molar-refractivity contribution is -0.384. The van der Waals surface area contributed by atoms with Crippen LogP contribution in [0.1, 0.15) is 5.82 Å². The third kappa shape index (κ3) is 3.95. The Morgan fingerprint density at radius 2 is 1.72 bits per heavy atom. The fraction of sp³-hybridized carbons (Fsp3) is 0.263. The number of benzene rings is 1. The van der Waals surface area contributed by atoms with Gasteiger partial charge >= 0.3 is 5.69 Å². The van der Waals surface area contributed by atoms with Crippen molar-refractivity contribution in [3.05, 3.63) is 63.8 Å². The van der Waals surface area contributed by atoms with Crippen LogP contribution in [0.3, 0.4) is 0 Å². The maximum absolute atomic E-state index is 11.4. The summed E-state index contributed by atoms with van der Waals surface area (Å²) >= 11 is 5.91. The number of nitrogens with zero attached hydrogens (tertiary/aromatic N) is 7. The van der Waals surface area contributed by atoms with E-state index < -0.39 is 4.92 Å². The van der Waals surface area contributed by atoms with E-state index in [0.717, 1.165) is 17.1 Å². The minimum Gasteiger partial charge on any atom is -0.353 e. The third-order valence-electron chi connectivity index (χ3n) is 4.74. The van der Waals surface area contributed by atoms with Gasteiger partial charge in [-0.05, 0) is 6.92 Å².